The number of rotatable bonds is 6. The molecule has 33 heavy (non-hydrogen) atoms. The van der Waals surface area contributed by atoms with E-state index < -0.39 is 0 Å². The van der Waals surface area contributed by atoms with Gasteiger partial charge in [0.15, 0.2) is 5.82 Å². The maximum atomic E-state index is 12.8. The van der Waals surface area contributed by atoms with Crippen LogP contribution < -0.4 is 5.32 Å². The average molecular weight is 432 g/mol. The SMILES string of the molecule is C#CCC(c1cccc(C(=O)Nc2ccccc2)c1)n1cc(-c2ncc3cc[nH]c3n2)cn1. The Balaban J connectivity index is 1.43. The molecule has 5 aromatic rings. The molecule has 2 aromatic carbocycles. The standard InChI is InChI=1S/C26H20N6O/c1-2-7-23(18-8-6-9-19(14-18)26(33)30-22-10-4-3-5-11-22)32-17-21(16-29-32)25-28-15-20-12-13-27-24(20)31-25/h1,3-6,8-17,23H,7H2,(H,30,33)(H,27,28,31). The smallest absolute Gasteiger partial charge is 0.255 e. The van der Waals surface area contributed by atoms with Crippen LogP contribution in [0.25, 0.3) is 22.4 Å². The molecule has 0 radical (unpaired) electrons. The molecule has 7 nitrogen and oxygen atoms in total. The highest BCUT2D eigenvalue weighted by Crippen LogP contribution is 2.25. The van der Waals surface area contributed by atoms with E-state index in [9.17, 15) is 4.79 Å². The van der Waals surface area contributed by atoms with E-state index in [1.165, 1.54) is 0 Å². The van der Waals surface area contributed by atoms with E-state index in [1.807, 2.05) is 67.0 Å². The molecule has 1 atom stereocenters. The third-order valence-electron chi connectivity index (χ3n) is 5.36. The van der Waals surface area contributed by atoms with Crippen LogP contribution in [0.3, 0.4) is 0 Å². The molecule has 0 fully saturated rings. The second-order valence-corrected chi connectivity index (χ2v) is 7.55. The summed E-state index contributed by atoms with van der Waals surface area (Å²) in [6, 6.07) is 18.5. The van der Waals surface area contributed by atoms with E-state index in [4.69, 9.17) is 6.42 Å². The Kier molecular flexibility index (Phi) is 5.40. The number of anilines is 1. The van der Waals surface area contributed by atoms with Crippen LogP contribution in [0.1, 0.15) is 28.4 Å². The molecular weight excluding hydrogens is 412 g/mol. The molecule has 0 spiro atoms. The Hall–Kier alpha value is -4.70. The minimum atomic E-state index is -0.234. The maximum absolute atomic E-state index is 12.8. The van der Waals surface area contributed by atoms with Gasteiger partial charge in [0.25, 0.3) is 5.91 Å². The number of H-pyrrole nitrogens is 1. The normalized spacial score (nSPS) is 11.7. The molecular formula is C26H20N6O. The minimum absolute atomic E-state index is 0.184. The molecule has 0 aliphatic carbocycles. The van der Waals surface area contributed by atoms with Gasteiger partial charge in [-0.05, 0) is 35.9 Å². The van der Waals surface area contributed by atoms with E-state index in [0.717, 1.165) is 27.8 Å². The second-order valence-electron chi connectivity index (χ2n) is 7.55. The molecule has 0 saturated heterocycles. The van der Waals surface area contributed by atoms with Crippen molar-refractivity contribution in [2.24, 2.45) is 0 Å². The van der Waals surface area contributed by atoms with Gasteiger partial charge in [0, 0.05) is 41.6 Å². The van der Waals surface area contributed by atoms with Gasteiger partial charge in [0.2, 0.25) is 0 Å². The molecule has 0 aliphatic rings. The molecule has 2 N–H and O–H groups in total. The highest BCUT2D eigenvalue weighted by Gasteiger charge is 2.17. The number of nitrogens with zero attached hydrogens (tertiary/aromatic N) is 4. The number of benzene rings is 2. The summed E-state index contributed by atoms with van der Waals surface area (Å²) in [6.45, 7) is 0. The summed E-state index contributed by atoms with van der Waals surface area (Å²) in [6.07, 6.45) is 13.3. The van der Waals surface area contributed by atoms with Crippen LogP contribution >= 0.6 is 0 Å². The zero-order valence-electron chi connectivity index (χ0n) is 17.6. The Bertz CT molecular complexity index is 1460. The summed E-state index contributed by atoms with van der Waals surface area (Å²) in [5, 5.41) is 8.39. The lowest BCUT2D eigenvalue weighted by Gasteiger charge is -2.16. The monoisotopic (exact) mass is 432 g/mol. The molecule has 3 heterocycles. The van der Waals surface area contributed by atoms with Gasteiger partial charge < -0.3 is 10.3 Å². The topological polar surface area (TPSA) is 88.5 Å². The van der Waals surface area contributed by atoms with Gasteiger partial charge in [-0.25, -0.2) is 9.97 Å². The van der Waals surface area contributed by atoms with E-state index in [1.54, 1.807) is 23.1 Å². The molecule has 1 unspecified atom stereocenters. The average Bonchev–Trinajstić information content (AvgIpc) is 3.52. The van der Waals surface area contributed by atoms with Gasteiger partial charge >= 0.3 is 0 Å². The van der Waals surface area contributed by atoms with Crippen LogP contribution in [0, 0.1) is 12.3 Å². The second kappa shape index (κ2) is 8.81. The molecule has 5 rings (SSSR count). The van der Waals surface area contributed by atoms with Crippen LogP contribution in [0.5, 0.6) is 0 Å². The first-order valence-electron chi connectivity index (χ1n) is 10.5. The van der Waals surface area contributed by atoms with Crippen molar-refractivity contribution in [2.45, 2.75) is 12.5 Å². The molecule has 0 saturated carbocycles. The van der Waals surface area contributed by atoms with Crippen molar-refractivity contribution < 1.29 is 4.79 Å². The van der Waals surface area contributed by atoms with Crippen LogP contribution in [0.15, 0.2) is 85.5 Å². The van der Waals surface area contributed by atoms with E-state index in [-0.39, 0.29) is 11.9 Å². The number of amides is 1. The summed E-state index contributed by atoms with van der Waals surface area (Å²) in [7, 11) is 0. The van der Waals surface area contributed by atoms with Crippen LogP contribution in [0.2, 0.25) is 0 Å². The third kappa shape index (κ3) is 4.23. The van der Waals surface area contributed by atoms with Crippen molar-refractivity contribution in [3.8, 4) is 23.7 Å². The fourth-order valence-electron chi connectivity index (χ4n) is 3.69. The molecule has 1 amide bonds. The summed E-state index contributed by atoms with van der Waals surface area (Å²) < 4.78 is 1.80. The molecule has 3 aromatic heterocycles. The largest absolute Gasteiger partial charge is 0.346 e. The molecule has 7 heteroatoms. The van der Waals surface area contributed by atoms with Crippen molar-refractivity contribution >= 4 is 22.6 Å². The van der Waals surface area contributed by atoms with Crippen LogP contribution in [-0.2, 0) is 0 Å². The number of carbonyl (C=O) groups excluding carboxylic acids is 1. The van der Waals surface area contributed by atoms with Crippen LogP contribution in [0.4, 0.5) is 5.69 Å². The van der Waals surface area contributed by atoms with E-state index in [0.29, 0.717) is 17.8 Å². The Morgan fingerprint density at radius 1 is 1.12 bits per heavy atom. The number of para-hydroxylation sites is 1. The summed E-state index contributed by atoms with van der Waals surface area (Å²) in [5.74, 6) is 3.12. The third-order valence-corrected chi connectivity index (χ3v) is 5.36. The molecule has 160 valence electrons. The van der Waals surface area contributed by atoms with Crippen molar-refractivity contribution in [3.05, 3.63) is 96.6 Å². The first-order valence-corrected chi connectivity index (χ1v) is 10.5. The van der Waals surface area contributed by atoms with Crippen molar-refractivity contribution in [2.75, 3.05) is 5.32 Å². The van der Waals surface area contributed by atoms with Crippen molar-refractivity contribution in [1.29, 1.82) is 0 Å². The van der Waals surface area contributed by atoms with E-state index in [2.05, 4.69) is 31.3 Å². The first kappa shape index (κ1) is 20.2. The van der Waals surface area contributed by atoms with Gasteiger partial charge in [-0.3, -0.25) is 9.48 Å². The lowest BCUT2D eigenvalue weighted by atomic mass is 10.0. The minimum Gasteiger partial charge on any atom is -0.346 e. The number of aromatic nitrogens is 5. The van der Waals surface area contributed by atoms with Crippen LogP contribution in [-0.4, -0.2) is 30.6 Å². The predicted octanol–water partition coefficient (Wildman–Crippen LogP) is 4.69. The maximum Gasteiger partial charge on any atom is 0.255 e. The Labute approximate surface area is 190 Å². The number of fused-ring (bicyclic) bond motifs is 1. The Morgan fingerprint density at radius 3 is 2.85 bits per heavy atom. The first-order chi connectivity index (χ1) is 16.2. The van der Waals surface area contributed by atoms with Gasteiger partial charge in [0.05, 0.1) is 17.8 Å². The number of carbonyl (C=O) groups is 1. The number of terminal acetylenes is 1. The van der Waals surface area contributed by atoms with E-state index >= 15 is 0 Å². The zero-order chi connectivity index (χ0) is 22.6. The summed E-state index contributed by atoms with van der Waals surface area (Å²) in [4.78, 5) is 24.9. The van der Waals surface area contributed by atoms with Crippen molar-refractivity contribution in [3.63, 3.8) is 0 Å². The fourth-order valence-corrected chi connectivity index (χ4v) is 3.69. The lowest BCUT2D eigenvalue weighted by Crippen LogP contribution is -2.14. The highest BCUT2D eigenvalue weighted by molar-refractivity contribution is 6.04. The lowest BCUT2D eigenvalue weighted by molar-refractivity contribution is 0.102. The fraction of sp³-hybridized carbons (Fsp3) is 0.0769. The number of nitrogens with one attached hydrogen (secondary N) is 2. The quantitative estimate of drug-likeness (QED) is 0.381. The summed E-state index contributed by atoms with van der Waals surface area (Å²) in [5.41, 5.74) is 3.73. The number of hydrogen-bond donors (Lipinski definition) is 2. The highest BCUT2D eigenvalue weighted by atomic mass is 16.1. The van der Waals surface area contributed by atoms with Crippen molar-refractivity contribution in [1.82, 2.24) is 24.7 Å². The predicted molar refractivity (Wildman–Crippen MR) is 128 cm³/mol. The molecule has 0 bridgehead atoms. The van der Waals surface area contributed by atoms with Gasteiger partial charge in [-0.1, -0.05) is 30.3 Å². The zero-order valence-corrected chi connectivity index (χ0v) is 17.6. The Morgan fingerprint density at radius 2 is 2.00 bits per heavy atom. The van der Waals surface area contributed by atoms with Gasteiger partial charge in [0.1, 0.15) is 5.65 Å². The van der Waals surface area contributed by atoms with Gasteiger partial charge in [-0.15, -0.1) is 12.3 Å². The summed E-state index contributed by atoms with van der Waals surface area (Å²) >= 11 is 0. The van der Waals surface area contributed by atoms with Gasteiger partial charge in [-0.2, -0.15) is 5.10 Å². The number of hydrogen-bond acceptors (Lipinski definition) is 4. The number of aromatic amines is 1. The molecule has 0 aliphatic heterocycles.